The van der Waals surface area contributed by atoms with Gasteiger partial charge in [-0.25, -0.2) is 14.8 Å². The van der Waals surface area contributed by atoms with Gasteiger partial charge in [-0.3, -0.25) is 4.89 Å². The minimum atomic E-state index is -0.736. The Morgan fingerprint density at radius 1 is 1.06 bits per heavy atom. The lowest BCUT2D eigenvalue weighted by Crippen LogP contribution is -2.00. The van der Waals surface area contributed by atoms with Crippen molar-refractivity contribution in [3.63, 3.8) is 0 Å². The van der Waals surface area contributed by atoms with Crippen molar-refractivity contribution in [1.29, 1.82) is 0 Å². The first-order valence-electron chi connectivity index (χ1n) is 4.45. The Morgan fingerprint density at radius 2 is 1.69 bits per heavy atom. The summed E-state index contributed by atoms with van der Waals surface area (Å²) in [5, 5.41) is 7.94. The summed E-state index contributed by atoms with van der Waals surface area (Å²) in [6.07, 6.45) is 4.88. The normalized spacial score (nSPS) is 8.56. The average Bonchev–Trinajstić information content (AvgIpc) is 2.41. The number of carbonyl (C=O) groups excluding carboxylic acids is 1. The van der Waals surface area contributed by atoms with Crippen LogP contribution in [-0.2, 0) is 4.89 Å². The lowest BCUT2D eigenvalue weighted by molar-refractivity contribution is -0.182. The quantitative estimate of drug-likeness (QED) is 0.583. The number of hydrogen-bond donors (Lipinski definition) is 1. The standard InChI is InChI=1S/C7H6O3.C4H4N2/c8-7(10-9)6-4-2-1-3-5-6;1-2-5-4-6-3-1/h1-5,9H;1-4H. The second kappa shape index (κ2) is 7.08. The van der Waals surface area contributed by atoms with E-state index in [4.69, 9.17) is 5.26 Å². The van der Waals surface area contributed by atoms with Crippen LogP contribution in [0.4, 0.5) is 0 Å². The summed E-state index contributed by atoms with van der Waals surface area (Å²) in [5.41, 5.74) is 0.338. The first-order valence-corrected chi connectivity index (χ1v) is 4.45. The molecule has 0 saturated carbocycles. The van der Waals surface area contributed by atoms with Crippen LogP contribution in [-0.4, -0.2) is 21.2 Å². The summed E-state index contributed by atoms with van der Waals surface area (Å²) in [7, 11) is 0. The van der Waals surface area contributed by atoms with Crippen molar-refractivity contribution in [3.8, 4) is 0 Å². The number of aromatic nitrogens is 2. The SMILES string of the molecule is O=C(OO)c1ccccc1.c1cncnc1. The van der Waals surface area contributed by atoms with Crippen molar-refractivity contribution in [3.05, 3.63) is 60.7 Å². The summed E-state index contributed by atoms with van der Waals surface area (Å²) >= 11 is 0. The number of carbonyl (C=O) groups is 1. The summed E-state index contributed by atoms with van der Waals surface area (Å²) < 4.78 is 0. The fraction of sp³-hybridized carbons (Fsp3) is 0. The zero-order valence-electron chi connectivity index (χ0n) is 8.35. The first-order chi connectivity index (χ1) is 7.84. The van der Waals surface area contributed by atoms with Gasteiger partial charge < -0.3 is 0 Å². The largest absolute Gasteiger partial charge is 0.372 e. The van der Waals surface area contributed by atoms with Gasteiger partial charge in [0.05, 0.1) is 5.56 Å². The molecule has 0 aliphatic carbocycles. The first kappa shape index (κ1) is 11.8. The highest BCUT2D eigenvalue weighted by Gasteiger charge is 2.02. The predicted octanol–water partition coefficient (Wildman–Crippen LogP) is 1.79. The summed E-state index contributed by atoms with van der Waals surface area (Å²) in [5.74, 6) is -0.736. The van der Waals surface area contributed by atoms with Crippen molar-refractivity contribution < 1.29 is 14.9 Å². The predicted molar refractivity (Wildman–Crippen MR) is 56.5 cm³/mol. The number of benzene rings is 1. The highest BCUT2D eigenvalue weighted by molar-refractivity contribution is 5.88. The van der Waals surface area contributed by atoms with Crippen molar-refractivity contribution in [2.24, 2.45) is 0 Å². The van der Waals surface area contributed by atoms with Gasteiger partial charge in [-0.2, -0.15) is 5.26 Å². The van der Waals surface area contributed by atoms with Crippen molar-refractivity contribution >= 4 is 5.97 Å². The molecule has 0 spiro atoms. The van der Waals surface area contributed by atoms with Gasteiger partial charge in [0.25, 0.3) is 0 Å². The van der Waals surface area contributed by atoms with Crippen LogP contribution >= 0.6 is 0 Å². The number of rotatable bonds is 1. The van der Waals surface area contributed by atoms with Gasteiger partial charge in [0, 0.05) is 12.4 Å². The molecule has 16 heavy (non-hydrogen) atoms. The highest BCUT2D eigenvalue weighted by atomic mass is 17.1. The Labute approximate surface area is 92.3 Å². The van der Waals surface area contributed by atoms with E-state index < -0.39 is 5.97 Å². The van der Waals surface area contributed by atoms with Gasteiger partial charge in [-0.1, -0.05) is 18.2 Å². The van der Waals surface area contributed by atoms with Gasteiger partial charge in [0.15, 0.2) is 0 Å². The monoisotopic (exact) mass is 218 g/mol. The van der Waals surface area contributed by atoms with E-state index >= 15 is 0 Å². The smallest absolute Gasteiger partial charge is 0.296 e. The summed E-state index contributed by atoms with van der Waals surface area (Å²) in [6.45, 7) is 0. The minimum absolute atomic E-state index is 0.338. The molecule has 2 rings (SSSR count). The second-order valence-corrected chi connectivity index (χ2v) is 2.65. The molecule has 0 atom stereocenters. The Morgan fingerprint density at radius 3 is 2.06 bits per heavy atom. The topological polar surface area (TPSA) is 72.3 Å². The van der Waals surface area contributed by atoms with Crippen molar-refractivity contribution in [2.45, 2.75) is 0 Å². The van der Waals surface area contributed by atoms with E-state index in [1.165, 1.54) is 6.33 Å². The van der Waals surface area contributed by atoms with Crippen molar-refractivity contribution in [2.75, 3.05) is 0 Å². The molecule has 1 aromatic carbocycles. The molecule has 5 heteroatoms. The lowest BCUT2D eigenvalue weighted by atomic mass is 10.2. The maximum absolute atomic E-state index is 10.5. The molecule has 2 aromatic rings. The van der Waals surface area contributed by atoms with Crippen LogP contribution < -0.4 is 0 Å². The zero-order valence-corrected chi connectivity index (χ0v) is 8.35. The van der Waals surface area contributed by atoms with Gasteiger partial charge in [-0.15, -0.1) is 0 Å². The third kappa shape index (κ3) is 4.30. The Kier molecular flexibility index (Phi) is 5.22. The fourth-order valence-electron chi connectivity index (χ4n) is 0.880. The summed E-state index contributed by atoms with van der Waals surface area (Å²) in [4.78, 5) is 21.4. The van der Waals surface area contributed by atoms with Crippen LogP contribution in [0.3, 0.4) is 0 Å². The number of hydrogen-bond acceptors (Lipinski definition) is 5. The molecule has 0 saturated heterocycles. The van der Waals surface area contributed by atoms with E-state index in [0.29, 0.717) is 5.56 Å². The molecule has 0 fully saturated rings. The molecule has 1 aromatic heterocycles. The molecule has 1 heterocycles. The molecular weight excluding hydrogens is 208 g/mol. The Bertz CT molecular complexity index is 379. The van der Waals surface area contributed by atoms with E-state index in [1.807, 2.05) is 0 Å². The molecule has 0 radical (unpaired) electrons. The molecule has 1 N–H and O–H groups in total. The van der Waals surface area contributed by atoms with Gasteiger partial charge in [0.1, 0.15) is 6.33 Å². The third-order valence-corrected chi connectivity index (χ3v) is 1.57. The number of nitrogens with zero attached hydrogens (tertiary/aromatic N) is 2. The van der Waals surface area contributed by atoms with Crippen LogP contribution in [0.25, 0.3) is 0 Å². The van der Waals surface area contributed by atoms with Gasteiger partial charge in [-0.05, 0) is 18.2 Å². The van der Waals surface area contributed by atoms with E-state index in [0.717, 1.165) is 0 Å². The van der Waals surface area contributed by atoms with Crippen LogP contribution in [0.15, 0.2) is 55.1 Å². The molecule has 0 amide bonds. The van der Waals surface area contributed by atoms with Crippen LogP contribution in [0.1, 0.15) is 10.4 Å². The van der Waals surface area contributed by atoms with E-state index in [9.17, 15) is 4.79 Å². The fourth-order valence-corrected chi connectivity index (χ4v) is 0.880. The molecule has 0 aliphatic heterocycles. The summed E-state index contributed by atoms with van der Waals surface area (Å²) in [6, 6.07) is 10.0. The molecule has 0 aliphatic rings. The maximum atomic E-state index is 10.5. The molecular formula is C11H10N2O3. The van der Waals surface area contributed by atoms with Crippen LogP contribution in [0.2, 0.25) is 0 Å². The second-order valence-electron chi connectivity index (χ2n) is 2.65. The minimum Gasteiger partial charge on any atom is -0.296 e. The Balaban J connectivity index is 0.000000181. The third-order valence-electron chi connectivity index (χ3n) is 1.57. The Hall–Kier alpha value is -2.27. The van der Waals surface area contributed by atoms with Crippen LogP contribution in [0.5, 0.6) is 0 Å². The van der Waals surface area contributed by atoms with E-state index in [-0.39, 0.29) is 0 Å². The molecule has 0 unspecified atom stereocenters. The zero-order chi connectivity index (χ0) is 11.6. The van der Waals surface area contributed by atoms with E-state index in [1.54, 1.807) is 48.8 Å². The van der Waals surface area contributed by atoms with Crippen molar-refractivity contribution in [1.82, 2.24) is 9.97 Å². The maximum Gasteiger partial charge on any atom is 0.372 e. The molecule has 82 valence electrons. The lowest BCUT2D eigenvalue weighted by Gasteiger charge is -1.92. The average molecular weight is 218 g/mol. The van der Waals surface area contributed by atoms with Gasteiger partial charge in [0.2, 0.25) is 0 Å². The molecule has 0 bridgehead atoms. The molecule has 5 nitrogen and oxygen atoms in total. The van der Waals surface area contributed by atoms with Crippen LogP contribution in [0, 0.1) is 0 Å². The van der Waals surface area contributed by atoms with Gasteiger partial charge >= 0.3 is 5.97 Å². The van der Waals surface area contributed by atoms with E-state index in [2.05, 4.69) is 14.9 Å². The highest BCUT2D eigenvalue weighted by Crippen LogP contribution is 1.98.